The first-order valence-electron chi connectivity index (χ1n) is 2.31. The fraction of sp³-hybridized carbons (Fsp3) is 0.400. The van der Waals surface area contributed by atoms with E-state index in [9.17, 15) is 9.90 Å². The van der Waals surface area contributed by atoms with E-state index in [1.807, 2.05) is 0 Å². The lowest BCUT2D eigenvalue weighted by Crippen LogP contribution is -2.26. The summed E-state index contributed by atoms with van der Waals surface area (Å²) in [5.41, 5.74) is 0. The van der Waals surface area contributed by atoms with Crippen molar-refractivity contribution in [2.45, 2.75) is 0 Å². The van der Waals surface area contributed by atoms with Gasteiger partial charge in [0.1, 0.15) is 0 Å². The van der Waals surface area contributed by atoms with Gasteiger partial charge in [-0.2, -0.15) is 0 Å². The van der Waals surface area contributed by atoms with Gasteiger partial charge in [0.25, 0.3) is 0 Å². The smallest absolute Gasteiger partial charge is 0.0857 e. The topological polar surface area (TPSA) is 128 Å². The van der Waals surface area contributed by atoms with Crippen molar-refractivity contribution >= 4 is 18.1 Å². The Morgan fingerprint density at radius 1 is 1.42 bits per heavy atom. The van der Waals surface area contributed by atoms with Crippen LogP contribution in [0.4, 0.5) is 0 Å². The van der Waals surface area contributed by atoms with Gasteiger partial charge in [-0.3, -0.25) is 9.59 Å². The van der Waals surface area contributed by atoms with E-state index in [0.717, 1.165) is 0 Å². The molecule has 0 aromatic carbocycles. The van der Waals surface area contributed by atoms with Crippen LogP contribution in [0.5, 0.6) is 0 Å². The van der Waals surface area contributed by atoms with E-state index >= 15 is 0 Å². The summed E-state index contributed by atoms with van der Waals surface area (Å²) < 4.78 is 4.14. The number of isocyanates is 2. The van der Waals surface area contributed by atoms with Gasteiger partial charge in [-0.15, -0.1) is 0 Å². The number of ether oxygens (including phenoxy) is 1. The van der Waals surface area contributed by atoms with Crippen LogP contribution in [0.1, 0.15) is 0 Å². The molecule has 0 N–H and O–H groups in total. The molecule has 0 aliphatic carbocycles. The monoisotopic (exact) mass is 173 g/mol. The van der Waals surface area contributed by atoms with Crippen LogP contribution in [0.2, 0.25) is 0 Å². The maximum Gasteiger partial charge on any atom is 0.0857 e. The Bertz CT molecular complexity index is 155. The van der Waals surface area contributed by atoms with Crippen molar-refractivity contribution < 1.29 is 24.2 Å². The molecular weight excluding hydrogens is 168 g/mol. The third-order valence-electron chi connectivity index (χ3n) is 0.262. The largest absolute Gasteiger partial charge is 0.724 e. The molecule has 0 saturated heterocycles. The van der Waals surface area contributed by atoms with Crippen LogP contribution in [0.3, 0.4) is 0 Å². The molecule has 0 amide bonds. The third kappa shape index (κ3) is 299. The summed E-state index contributed by atoms with van der Waals surface area (Å²) in [6, 6.07) is 0. The minimum atomic E-state index is -1.18. The number of hydrogen-bond donors (Lipinski definition) is 0. The Labute approximate surface area is 68.0 Å². The molecule has 0 aliphatic heterocycles. The summed E-state index contributed by atoms with van der Waals surface area (Å²) in [5.74, 6) is -1.18. The number of hydrogen-bond acceptors (Lipinski definition) is 5. The van der Waals surface area contributed by atoms with Crippen LogP contribution >= 0.6 is 0 Å². The lowest BCUT2D eigenvalue weighted by molar-refractivity contribution is -0.309. The van der Waals surface area contributed by atoms with Gasteiger partial charge in [0.05, 0.1) is 12.6 Å². The van der Waals surface area contributed by atoms with Crippen molar-refractivity contribution in [1.82, 2.24) is 0 Å². The van der Waals surface area contributed by atoms with Gasteiger partial charge in [-0.1, -0.05) is 0 Å². The SMILES string of the molecule is COCC(=O)[O-].[N-]=C=O.[N-]=C=O. The summed E-state index contributed by atoms with van der Waals surface area (Å²) in [4.78, 5) is 25.8. The molecule has 0 radical (unpaired) electrons. The Morgan fingerprint density at radius 3 is 1.67 bits per heavy atom. The fourth-order valence-electron chi connectivity index (χ4n) is 0.118. The molecule has 0 aromatic rings. The van der Waals surface area contributed by atoms with Gasteiger partial charge in [0.15, 0.2) is 0 Å². The lowest BCUT2D eigenvalue weighted by atomic mass is 10.8. The Balaban J connectivity index is -0.000000115. The van der Waals surface area contributed by atoms with Crippen molar-refractivity contribution in [1.29, 1.82) is 0 Å². The van der Waals surface area contributed by atoms with E-state index in [2.05, 4.69) is 4.74 Å². The van der Waals surface area contributed by atoms with Crippen molar-refractivity contribution in [3.8, 4) is 0 Å². The van der Waals surface area contributed by atoms with Crippen molar-refractivity contribution in [2.24, 2.45) is 0 Å². The van der Waals surface area contributed by atoms with Gasteiger partial charge in [-0.05, 0) is 12.2 Å². The van der Waals surface area contributed by atoms with Crippen LogP contribution < -0.4 is 5.11 Å². The van der Waals surface area contributed by atoms with Gasteiger partial charge in [-0.25, -0.2) is 0 Å². The number of nitrogens with zero attached hydrogens (tertiary/aromatic N) is 2. The maximum atomic E-state index is 9.36. The van der Waals surface area contributed by atoms with Crippen molar-refractivity contribution in [2.75, 3.05) is 13.7 Å². The van der Waals surface area contributed by atoms with E-state index < -0.39 is 5.97 Å². The molecule has 12 heavy (non-hydrogen) atoms. The van der Waals surface area contributed by atoms with Crippen LogP contribution in [-0.4, -0.2) is 31.8 Å². The number of carbonyl (C=O) groups is 1. The highest BCUT2D eigenvalue weighted by molar-refractivity contribution is 5.65. The summed E-state index contributed by atoms with van der Waals surface area (Å²) in [6.45, 7) is -0.319. The highest BCUT2D eigenvalue weighted by atomic mass is 16.5. The number of carboxylic acids is 1. The molecule has 0 rings (SSSR count). The highest BCUT2D eigenvalue weighted by Gasteiger charge is 1.74. The number of carboxylic acid groups (broad SMARTS) is 1. The maximum absolute atomic E-state index is 9.36. The number of methoxy groups -OCH3 is 1. The zero-order chi connectivity index (χ0) is 10.4. The molecule has 68 valence electrons. The summed E-state index contributed by atoms with van der Waals surface area (Å²) in [7, 11) is 1.30. The first-order valence-corrected chi connectivity index (χ1v) is 2.31. The summed E-state index contributed by atoms with van der Waals surface area (Å²) >= 11 is 0. The van der Waals surface area contributed by atoms with Crippen LogP contribution in [-0.2, 0) is 19.1 Å². The van der Waals surface area contributed by atoms with E-state index in [1.54, 1.807) is 0 Å². The zero-order valence-corrected chi connectivity index (χ0v) is 6.14. The predicted molar refractivity (Wildman–Crippen MR) is 35.0 cm³/mol. The molecule has 7 heteroatoms. The van der Waals surface area contributed by atoms with Gasteiger partial charge in [0.2, 0.25) is 0 Å². The highest BCUT2D eigenvalue weighted by Crippen LogP contribution is 1.57. The molecule has 0 atom stereocenters. The van der Waals surface area contributed by atoms with Crippen LogP contribution in [0, 0.1) is 0 Å². The molecular formula is C5H5N2O5-3. The Morgan fingerprint density at radius 2 is 1.67 bits per heavy atom. The molecule has 0 heterocycles. The molecule has 0 saturated carbocycles. The third-order valence-corrected chi connectivity index (χ3v) is 0.262. The molecule has 0 bridgehead atoms. The van der Waals surface area contributed by atoms with Crippen molar-refractivity contribution in [3.63, 3.8) is 0 Å². The first-order chi connectivity index (χ1) is 5.60. The second-order valence-corrected chi connectivity index (χ2v) is 0.988. The first kappa shape index (κ1) is 16.6. The normalized spacial score (nSPS) is 5.42. The fourth-order valence-corrected chi connectivity index (χ4v) is 0.118. The number of rotatable bonds is 2. The van der Waals surface area contributed by atoms with E-state index in [1.165, 1.54) is 7.11 Å². The quantitative estimate of drug-likeness (QED) is 0.358. The minimum Gasteiger partial charge on any atom is -0.724 e. The lowest BCUT2D eigenvalue weighted by Gasteiger charge is -1.94. The molecule has 7 nitrogen and oxygen atoms in total. The van der Waals surface area contributed by atoms with Crippen molar-refractivity contribution in [3.05, 3.63) is 10.8 Å². The molecule has 0 aliphatic rings. The van der Waals surface area contributed by atoms with E-state index in [0.29, 0.717) is 12.2 Å². The van der Waals surface area contributed by atoms with Crippen LogP contribution in [0.15, 0.2) is 0 Å². The van der Waals surface area contributed by atoms with Gasteiger partial charge < -0.3 is 25.5 Å². The van der Waals surface area contributed by atoms with E-state index in [4.69, 9.17) is 20.4 Å². The molecule has 0 aromatic heterocycles. The average Bonchev–Trinajstić information content (AvgIpc) is 1.89. The molecule has 0 spiro atoms. The average molecular weight is 173 g/mol. The molecule has 0 fully saturated rings. The van der Waals surface area contributed by atoms with Crippen LogP contribution in [0.25, 0.3) is 10.8 Å². The second-order valence-electron chi connectivity index (χ2n) is 0.988. The second kappa shape index (κ2) is 22.9. The minimum absolute atomic E-state index is 0.319. The van der Waals surface area contributed by atoms with Gasteiger partial charge in [0, 0.05) is 7.11 Å². The standard InChI is InChI=1S/C3H6O3.2CNO/c1-6-2-3(4)5;2*2-1-3/h2H2,1H3,(H,4,5);;/q;2*-1/p-1. The number of carbonyl (C=O) groups excluding carboxylic acids is 3. The summed E-state index contributed by atoms with van der Waals surface area (Å²) in [6.07, 6.45) is 1.00. The Hall–Kier alpha value is -1.81. The predicted octanol–water partition coefficient (Wildman–Crippen LogP) is -1.83. The van der Waals surface area contributed by atoms with Gasteiger partial charge >= 0.3 is 0 Å². The number of aliphatic carboxylic acids is 1. The van der Waals surface area contributed by atoms with E-state index in [-0.39, 0.29) is 6.61 Å². The summed E-state index contributed by atoms with van der Waals surface area (Å²) in [5, 5.41) is 22.9. The Kier molecular flexibility index (Phi) is 31.7. The molecule has 0 unspecified atom stereocenters. The zero-order valence-electron chi connectivity index (χ0n) is 6.14.